The van der Waals surface area contributed by atoms with Crippen molar-refractivity contribution in [3.05, 3.63) is 36.0 Å². The van der Waals surface area contributed by atoms with Crippen molar-refractivity contribution in [3.8, 4) is 0 Å². The second kappa shape index (κ2) is 5.83. The summed E-state index contributed by atoms with van der Waals surface area (Å²) >= 11 is 0. The molecule has 0 aliphatic carbocycles. The van der Waals surface area contributed by atoms with Gasteiger partial charge in [-0.15, -0.1) is 0 Å². The lowest BCUT2D eigenvalue weighted by Gasteiger charge is -2.17. The Morgan fingerprint density at radius 2 is 1.89 bits per heavy atom. The SMILES string of the molecule is CCN(CC)CCc1ccc2cc(N)ccc2n1. The van der Waals surface area contributed by atoms with Gasteiger partial charge in [-0.05, 0) is 37.4 Å². The van der Waals surface area contributed by atoms with Gasteiger partial charge in [-0.1, -0.05) is 19.9 Å². The molecule has 1 heterocycles. The van der Waals surface area contributed by atoms with Crippen molar-refractivity contribution in [2.45, 2.75) is 20.3 Å². The van der Waals surface area contributed by atoms with Crippen LogP contribution in [0.4, 0.5) is 5.69 Å². The first-order valence-corrected chi connectivity index (χ1v) is 6.60. The molecule has 3 nitrogen and oxygen atoms in total. The molecule has 0 spiro atoms. The molecule has 0 aliphatic rings. The molecule has 0 saturated heterocycles. The first kappa shape index (κ1) is 12.8. The summed E-state index contributed by atoms with van der Waals surface area (Å²) in [5.74, 6) is 0. The summed E-state index contributed by atoms with van der Waals surface area (Å²) in [4.78, 5) is 7.09. The summed E-state index contributed by atoms with van der Waals surface area (Å²) < 4.78 is 0. The molecule has 2 N–H and O–H groups in total. The number of fused-ring (bicyclic) bond motifs is 1. The van der Waals surface area contributed by atoms with Crippen LogP contribution in [-0.4, -0.2) is 29.5 Å². The molecule has 0 atom stereocenters. The van der Waals surface area contributed by atoms with Crippen LogP contribution in [0.5, 0.6) is 0 Å². The van der Waals surface area contributed by atoms with Crippen LogP contribution in [0.1, 0.15) is 19.5 Å². The molecular weight excluding hydrogens is 222 g/mol. The number of hydrogen-bond acceptors (Lipinski definition) is 3. The van der Waals surface area contributed by atoms with Crippen LogP contribution in [-0.2, 0) is 6.42 Å². The molecule has 3 heteroatoms. The van der Waals surface area contributed by atoms with Crippen molar-refractivity contribution in [1.29, 1.82) is 0 Å². The predicted molar refractivity (Wildman–Crippen MR) is 77.6 cm³/mol. The second-order valence-corrected chi connectivity index (χ2v) is 4.53. The van der Waals surface area contributed by atoms with E-state index in [1.807, 2.05) is 18.2 Å². The second-order valence-electron chi connectivity index (χ2n) is 4.53. The van der Waals surface area contributed by atoms with E-state index in [2.05, 4.69) is 35.9 Å². The molecule has 0 amide bonds. The average molecular weight is 243 g/mol. The van der Waals surface area contributed by atoms with E-state index in [-0.39, 0.29) is 0 Å². The fourth-order valence-electron chi connectivity index (χ4n) is 2.14. The van der Waals surface area contributed by atoms with Crippen LogP contribution in [0, 0.1) is 0 Å². The third-order valence-electron chi connectivity index (χ3n) is 3.35. The fourth-order valence-corrected chi connectivity index (χ4v) is 2.14. The Kier molecular flexibility index (Phi) is 4.15. The Labute approximate surface area is 109 Å². The predicted octanol–water partition coefficient (Wildman–Crippen LogP) is 2.70. The summed E-state index contributed by atoms with van der Waals surface area (Å²) in [7, 11) is 0. The lowest BCUT2D eigenvalue weighted by molar-refractivity contribution is 0.307. The Morgan fingerprint density at radius 1 is 1.11 bits per heavy atom. The quantitative estimate of drug-likeness (QED) is 0.821. The molecule has 1 aromatic carbocycles. The zero-order valence-corrected chi connectivity index (χ0v) is 11.2. The monoisotopic (exact) mass is 243 g/mol. The minimum absolute atomic E-state index is 0.792. The maximum absolute atomic E-state index is 5.76. The highest BCUT2D eigenvalue weighted by molar-refractivity contribution is 5.81. The molecule has 0 aliphatic heterocycles. The molecule has 2 rings (SSSR count). The van der Waals surface area contributed by atoms with Crippen LogP contribution in [0.3, 0.4) is 0 Å². The van der Waals surface area contributed by atoms with Crippen LogP contribution >= 0.6 is 0 Å². The van der Waals surface area contributed by atoms with Crippen molar-refractivity contribution in [1.82, 2.24) is 9.88 Å². The lowest BCUT2D eigenvalue weighted by Crippen LogP contribution is -2.25. The molecule has 1 aromatic heterocycles. The standard InChI is InChI=1S/C15H21N3/c1-3-18(4-2)10-9-14-7-5-12-11-13(16)6-8-15(12)17-14/h5-8,11H,3-4,9-10,16H2,1-2H3. The molecule has 2 aromatic rings. The lowest BCUT2D eigenvalue weighted by atomic mass is 10.1. The Hall–Kier alpha value is -1.61. The first-order valence-electron chi connectivity index (χ1n) is 6.60. The van der Waals surface area contributed by atoms with E-state index in [1.165, 1.54) is 0 Å². The van der Waals surface area contributed by atoms with Gasteiger partial charge in [-0.3, -0.25) is 4.98 Å². The normalized spacial score (nSPS) is 11.3. The first-order chi connectivity index (χ1) is 8.72. The highest BCUT2D eigenvalue weighted by Crippen LogP contribution is 2.16. The molecule has 0 fully saturated rings. The number of benzene rings is 1. The number of hydrogen-bond donors (Lipinski definition) is 1. The maximum atomic E-state index is 5.76. The zero-order chi connectivity index (χ0) is 13.0. The van der Waals surface area contributed by atoms with Crippen molar-refractivity contribution in [2.24, 2.45) is 0 Å². The van der Waals surface area contributed by atoms with Crippen LogP contribution in [0.2, 0.25) is 0 Å². The van der Waals surface area contributed by atoms with Crippen molar-refractivity contribution >= 4 is 16.6 Å². The number of pyridine rings is 1. The van der Waals surface area contributed by atoms with Gasteiger partial charge in [0.2, 0.25) is 0 Å². The van der Waals surface area contributed by atoms with Gasteiger partial charge in [-0.2, -0.15) is 0 Å². The summed E-state index contributed by atoms with van der Waals surface area (Å²) in [6, 6.07) is 10.1. The topological polar surface area (TPSA) is 42.1 Å². The van der Waals surface area contributed by atoms with E-state index >= 15 is 0 Å². The summed E-state index contributed by atoms with van der Waals surface area (Å²) in [6.45, 7) is 7.65. The van der Waals surface area contributed by atoms with E-state index in [4.69, 9.17) is 5.73 Å². The smallest absolute Gasteiger partial charge is 0.0706 e. The van der Waals surface area contributed by atoms with Gasteiger partial charge in [0.25, 0.3) is 0 Å². The van der Waals surface area contributed by atoms with Gasteiger partial charge >= 0.3 is 0 Å². The molecule has 0 radical (unpaired) electrons. The summed E-state index contributed by atoms with van der Waals surface area (Å²) in [5.41, 5.74) is 8.73. The third-order valence-corrected chi connectivity index (χ3v) is 3.35. The molecule has 0 unspecified atom stereocenters. The number of nitrogens with two attached hydrogens (primary N) is 1. The average Bonchev–Trinajstić information content (AvgIpc) is 2.40. The van der Waals surface area contributed by atoms with Gasteiger partial charge in [0.1, 0.15) is 0 Å². The van der Waals surface area contributed by atoms with Crippen LogP contribution in [0.15, 0.2) is 30.3 Å². The third kappa shape index (κ3) is 2.99. The maximum Gasteiger partial charge on any atom is 0.0706 e. The van der Waals surface area contributed by atoms with E-state index in [0.29, 0.717) is 0 Å². The highest BCUT2D eigenvalue weighted by atomic mass is 15.1. The molecule has 96 valence electrons. The van der Waals surface area contributed by atoms with Gasteiger partial charge in [0.15, 0.2) is 0 Å². The Bertz CT molecular complexity index is 518. The van der Waals surface area contributed by atoms with Gasteiger partial charge in [-0.25, -0.2) is 0 Å². The van der Waals surface area contributed by atoms with Crippen LogP contribution in [0.25, 0.3) is 10.9 Å². The Balaban J connectivity index is 2.12. The number of nitrogen functional groups attached to an aromatic ring is 1. The Morgan fingerprint density at radius 3 is 2.61 bits per heavy atom. The van der Waals surface area contributed by atoms with Gasteiger partial charge in [0, 0.05) is 29.7 Å². The zero-order valence-electron chi connectivity index (χ0n) is 11.2. The highest BCUT2D eigenvalue weighted by Gasteiger charge is 2.02. The summed E-state index contributed by atoms with van der Waals surface area (Å²) in [5, 5.41) is 1.11. The fraction of sp³-hybridized carbons (Fsp3) is 0.400. The number of likely N-dealkylation sites (N-methyl/N-ethyl adjacent to an activating group) is 1. The van der Waals surface area contributed by atoms with E-state index in [0.717, 1.165) is 48.3 Å². The van der Waals surface area contributed by atoms with Gasteiger partial charge < -0.3 is 10.6 Å². The largest absolute Gasteiger partial charge is 0.399 e. The van der Waals surface area contributed by atoms with E-state index in [1.54, 1.807) is 0 Å². The van der Waals surface area contributed by atoms with Crippen molar-refractivity contribution in [2.75, 3.05) is 25.4 Å². The van der Waals surface area contributed by atoms with E-state index < -0.39 is 0 Å². The number of nitrogens with zero attached hydrogens (tertiary/aromatic N) is 2. The summed E-state index contributed by atoms with van der Waals surface area (Å²) in [6.07, 6.45) is 1.00. The number of aromatic nitrogens is 1. The van der Waals surface area contributed by atoms with Crippen molar-refractivity contribution in [3.63, 3.8) is 0 Å². The molecular formula is C15H21N3. The van der Waals surface area contributed by atoms with Crippen molar-refractivity contribution < 1.29 is 0 Å². The molecule has 0 bridgehead atoms. The van der Waals surface area contributed by atoms with Gasteiger partial charge in [0.05, 0.1) is 5.52 Å². The minimum Gasteiger partial charge on any atom is -0.399 e. The van der Waals surface area contributed by atoms with E-state index in [9.17, 15) is 0 Å². The molecule has 18 heavy (non-hydrogen) atoms. The van der Waals surface area contributed by atoms with Crippen LogP contribution < -0.4 is 5.73 Å². The molecule has 0 saturated carbocycles. The number of rotatable bonds is 5. The minimum atomic E-state index is 0.792. The number of anilines is 1.